The van der Waals surface area contributed by atoms with Gasteiger partial charge in [0.1, 0.15) is 18.0 Å². The van der Waals surface area contributed by atoms with Crippen LogP contribution in [0, 0.1) is 11.6 Å². The van der Waals surface area contributed by atoms with Gasteiger partial charge in [0.15, 0.2) is 0 Å². The van der Waals surface area contributed by atoms with Gasteiger partial charge in [0.25, 0.3) is 0 Å². The molecule has 5 nitrogen and oxygen atoms in total. The van der Waals surface area contributed by atoms with Gasteiger partial charge in [-0.2, -0.15) is 0 Å². The van der Waals surface area contributed by atoms with Crippen molar-refractivity contribution < 1.29 is 17.2 Å². The highest BCUT2D eigenvalue weighted by atomic mass is 32.2. The lowest BCUT2D eigenvalue weighted by Crippen LogP contribution is -2.23. The number of hydrogen-bond donors (Lipinski definition) is 1. The zero-order valence-electron chi connectivity index (χ0n) is 12.9. The van der Waals surface area contributed by atoms with Gasteiger partial charge in [-0.15, -0.1) is 0 Å². The van der Waals surface area contributed by atoms with Crippen LogP contribution in [0.5, 0.6) is 0 Å². The van der Waals surface area contributed by atoms with E-state index < -0.39 is 15.8 Å². The first-order chi connectivity index (χ1) is 11.9. The van der Waals surface area contributed by atoms with Crippen LogP contribution in [0.25, 0.3) is 11.3 Å². The van der Waals surface area contributed by atoms with E-state index >= 15 is 0 Å². The Balaban J connectivity index is 1.77. The van der Waals surface area contributed by atoms with Crippen molar-refractivity contribution in [3.05, 3.63) is 78.3 Å². The molecule has 0 radical (unpaired) electrons. The van der Waals surface area contributed by atoms with Gasteiger partial charge in [0, 0.05) is 5.56 Å². The molecule has 0 saturated carbocycles. The monoisotopic (exact) mass is 361 g/mol. The number of aromatic nitrogens is 2. The van der Waals surface area contributed by atoms with Crippen molar-refractivity contribution >= 4 is 10.0 Å². The van der Waals surface area contributed by atoms with E-state index in [-0.39, 0.29) is 17.3 Å². The first-order valence-corrected chi connectivity index (χ1v) is 8.74. The van der Waals surface area contributed by atoms with Gasteiger partial charge in [-0.05, 0) is 48.5 Å². The zero-order valence-corrected chi connectivity index (χ0v) is 13.7. The smallest absolute Gasteiger partial charge is 0.240 e. The van der Waals surface area contributed by atoms with Gasteiger partial charge in [0.2, 0.25) is 10.0 Å². The van der Waals surface area contributed by atoms with E-state index in [2.05, 4.69) is 14.7 Å². The molecule has 2 aromatic carbocycles. The second-order valence-corrected chi connectivity index (χ2v) is 6.95. The summed E-state index contributed by atoms with van der Waals surface area (Å²) < 4.78 is 52.9. The maximum absolute atomic E-state index is 13.2. The van der Waals surface area contributed by atoms with E-state index in [9.17, 15) is 17.2 Å². The fraction of sp³-hybridized carbons (Fsp3) is 0.0588. The molecule has 0 unspecified atom stereocenters. The fourth-order valence-corrected chi connectivity index (χ4v) is 3.19. The molecule has 8 heteroatoms. The third kappa shape index (κ3) is 4.23. The Labute approximate surface area is 143 Å². The maximum Gasteiger partial charge on any atom is 0.241 e. The number of rotatable bonds is 5. The summed E-state index contributed by atoms with van der Waals surface area (Å²) in [5.41, 5.74) is 1.64. The molecule has 3 aromatic rings. The lowest BCUT2D eigenvalue weighted by Gasteiger charge is -2.07. The van der Waals surface area contributed by atoms with Gasteiger partial charge in [0.05, 0.1) is 22.8 Å². The van der Waals surface area contributed by atoms with Crippen molar-refractivity contribution in [2.75, 3.05) is 0 Å². The minimum absolute atomic E-state index is 0.0877. The van der Waals surface area contributed by atoms with E-state index in [1.807, 2.05) is 0 Å². The standard InChI is InChI=1S/C17H13F2N3O2S/c18-13-6-4-12(5-7-13)17-9-15(20-11-21-17)10-22-25(23,24)16-3-1-2-14(19)8-16/h1-9,11,22H,10H2. The van der Waals surface area contributed by atoms with E-state index in [0.29, 0.717) is 17.0 Å². The molecule has 0 atom stereocenters. The highest BCUT2D eigenvalue weighted by molar-refractivity contribution is 7.89. The molecule has 1 N–H and O–H groups in total. The molecule has 0 fully saturated rings. The predicted octanol–water partition coefficient (Wildman–Crippen LogP) is 2.90. The van der Waals surface area contributed by atoms with Gasteiger partial charge in [-0.3, -0.25) is 0 Å². The predicted molar refractivity (Wildman–Crippen MR) is 87.9 cm³/mol. The minimum Gasteiger partial charge on any atom is -0.240 e. The second kappa shape index (κ2) is 7.04. The van der Waals surface area contributed by atoms with Gasteiger partial charge in [-0.25, -0.2) is 31.9 Å². The van der Waals surface area contributed by atoms with Crippen molar-refractivity contribution in [3.8, 4) is 11.3 Å². The number of halogens is 2. The first-order valence-electron chi connectivity index (χ1n) is 7.26. The van der Waals surface area contributed by atoms with Crippen molar-refractivity contribution in [3.63, 3.8) is 0 Å². The Morgan fingerprint density at radius 2 is 1.68 bits per heavy atom. The number of nitrogens with zero attached hydrogens (tertiary/aromatic N) is 2. The largest absolute Gasteiger partial charge is 0.241 e. The Morgan fingerprint density at radius 1 is 0.920 bits per heavy atom. The molecule has 0 aliphatic heterocycles. The summed E-state index contributed by atoms with van der Waals surface area (Å²) in [6, 6.07) is 12.1. The van der Waals surface area contributed by atoms with Crippen LogP contribution in [-0.4, -0.2) is 18.4 Å². The lowest BCUT2D eigenvalue weighted by atomic mass is 10.1. The van der Waals surface area contributed by atoms with E-state index in [0.717, 1.165) is 6.07 Å². The Hall–Kier alpha value is -2.71. The van der Waals surface area contributed by atoms with Crippen LogP contribution in [-0.2, 0) is 16.6 Å². The summed E-state index contributed by atoms with van der Waals surface area (Å²) in [5.74, 6) is -0.996. The van der Waals surface area contributed by atoms with Crippen molar-refractivity contribution in [2.45, 2.75) is 11.4 Å². The molecule has 1 heterocycles. The quantitative estimate of drug-likeness (QED) is 0.758. The SMILES string of the molecule is O=S(=O)(NCc1cc(-c2ccc(F)cc2)ncn1)c1cccc(F)c1. The highest BCUT2D eigenvalue weighted by Gasteiger charge is 2.15. The van der Waals surface area contributed by atoms with Crippen LogP contribution in [0.4, 0.5) is 8.78 Å². The van der Waals surface area contributed by atoms with E-state index in [1.54, 1.807) is 18.2 Å². The molecule has 3 rings (SSSR count). The van der Waals surface area contributed by atoms with Crippen molar-refractivity contribution in [2.24, 2.45) is 0 Å². The average molecular weight is 361 g/mol. The summed E-state index contributed by atoms with van der Waals surface area (Å²) >= 11 is 0. The highest BCUT2D eigenvalue weighted by Crippen LogP contribution is 2.18. The zero-order chi connectivity index (χ0) is 17.9. The van der Waals surface area contributed by atoms with Crippen LogP contribution in [0.1, 0.15) is 5.69 Å². The molecule has 25 heavy (non-hydrogen) atoms. The van der Waals surface area contributed by atoms with Gasteiger partial charge >= 0.3 is 0 Å². The normalized spacial score (nSPS) is 11.4. The number of nitrogens with one attached hydrogen (secondary N) is 1. The molecular weight excluding hydrogens is 348 g/mol. The van der Waals surface area contributed by atoms with Crippen molar-refractivity contribution in [1.82, 2.24) is 14.7 Å². The summed E-state index contributed by atoms with van der Waals surface area (Å²) in [6.45, 7) is -0.0877. The molecule has 0 spiro atoms. The molecule has 0 amide bonds. The van der Waals surface area contributed by atoms with Crippen LogP contribution in [0.3, 0.4) is 0 Å². The Bertz CT molecular complexity index is 993. The third-order valence-corrected chi connectivity index (χ3v) is 4.81. The van der Waals surface area contributed by atoms with Crippen LogP contribution in [0.15, 0.2) is 65.8 Å². The summed E-state index contributed by atoms with van der Waals surface area (Å²) in [7, 11) is -3.86. The molecule has 0 aliphatic carbocycles. The van der Waals surface area contributed by atoms with Crippen LogP contribution < -0.4 is 4.72 Å². The molecule has 1 aromatic heterocycles. The Morgan fingerprint density at radius 3 is 2.40 bits per heavy atom. The minimum atomic E-state index is -3.86. The first kappa shape index (κ1) is 17.1. The number of sulfonamides is 1. The summed E-state index contributed by atoms with van der Waals surface area (Å²) in [6.07, 6.45) is 1.30. The summed E-state index contributed by atoms with van der Waals surface area (Å²) in [4.78, 5) is 7.94. The second-order valence-electron chi connectivity index (χ2n) is 5.18. The lowest BCUT2D eigenvalue weighted by molar-refractivity contribution is 0.576. The molecule has 0 bridgehead atoms. The topological polar surface area (TPSA) is 72.0 Å². The molecular formula is C17H13F2N3O2S. The van der Waals surface area contributed by atoms with Gasteiger partial charge in [-0.1, -0.05) is 6.07 Å². The number of hydrogen-bond acceptors (Lipinski definition) is 4. The van der Waals surface area contributed by atoms with Crippen molar-refractivity contribution in [1.29, 1.82) is 0 Å². The maximum atomic E-state index is 13.2. The molecule has 0 aliphatic rings. The third-order valence-electron chi connectivity index (χ3n) is 3.41. The van der Waals surface area contributed by atoms with Crippen LogP contribution in [0.2, 0.25) is 0 Å². The summed E-state index contributed by atoms with van der Waals surface area (Å²) in [5, 5.41) is 0. The van der Waals surface area contributed by atoms with Crippen LogP contribution >= 0.6 is 0 Å². The van der Waals surface area contributed by atoms with E-state index in [4.69, 9.17) is 0 Å². The van der Waals surface area contributed by atoms with E-state index in [1.165, 1.54) is 36.7 Å². The number of benzene rings is 2. The molecule has 0 saturated heterocycles. The molecule has 128 valence electrons. The average Bonchev–Trinajstić information content (AvgIpc) is 2.61. The Kier molecular flexibility index (Phi) is 4.82. The fourth-order valence-electron chi connectivity index (χ4n) is 2.16. The van der Waals surface area contributed by atoms with Gasteiger partial charge < -0.3 is 0 Å².